The first-order valence-electron chi connectivity index (χ1n) is 10.4. The number of hydrogen-bond acceptors (Lipinski definition) is 5. The normalized spacial score (nSPS) is 11.7. The Bertz CT molecular complexity index is 1480. The molecule has 0 aliphatic carbocycles. The third kappa shape index (κ3) is 4.92. The van der Waals surface area contributed by atoms with Crippen LogP contribution in [0.1, 0.15) is 34.0 Å². The van der Waals surface area contributed by atoms with Crippen LogP contribution in [-0.2, 0) is 23.1 Å². The first-order valence-corrected chi connectivity index (χ1v) is 11.8. The van der Waals surface area contributed by atoms with Crippen LogP contribution in [0.2, 0.25) is 0 Å². The van der Waals surface area contributed by atoms with Gasteiger partial charge >= 0.3 is 0 Å². The second kappa shape index (κ2) is 9.09. The van der Waals surface area contributed by atoms with E-state index in [9.17, 15) is 18.0 Å². The van der Waals surface area contributed by atoms with Crippen LogP contribution in [0.15, 0.2) is 82.7 Å². The van der Waals surface area contributed by atoms with Crippen LogP contribution in [0.3, 0.4) is 0 Å². The molecule has 1 N–H and O–H groups in total. The molecule has 0 fully saturated rings. The van der Waals surface area contributed by atoms with E-state index >= 15 is 0 Å². The number of carbonyl (C=O) groups is 1. The fourth-order valence-corrected chi connectivity index (χ4v) is 5.02. The minimum Gasteiger partial charge on any atom is -0.322 e. The zero-order valence-corrected chi connectivity index (χ0v) is 19.1. The van der Waals surface area contributed by atoms with Gasteiger partial charge in [-0.25, -0.2) is 8.42 Å². The van der Waals surface area contributed by atoms with Crippen molar-refractivity contribution < 1.29 is 13.2 Å². The predicted octanol–water partition coefficient (Wildman–Crippen LogP) is 3.83. The van der Waals surface area contributed by atoms with Crippen molar-refractivity contribution in [3.8, 4) is 0 Å². The van der Waals surface area contributed by atoms with Gasteiger partial charge in [0.1, 0.15) is 0 Å². The molecule has 168 valence electrons. The molecule has 33 heavy (non-hydrogen) atoms. The number of nitrogens with one attached hydrogen (secondary N) is 1. The highest BCUT2D eigenvalue weighted by molar-refractivity contribution is 7.89. The highest BCUT2D eigenvalue weighted by Crippen LogP contribution is 2.22. The number of H-pyrrole nitrogens is 1. The zero-order chi connectivity index (χ0) is 23.6. The van der Waals surface area contributed by atoms with Crippen molar-refractivity contribution in [1.29, 1.82) is 0 Å². The van der Waals surface area contributed by atoms with E-state index < -0.39 is 10.0 Å². The molecule has 2 aromatic heterocycles. The molecule has 4 rings (SSSR count). The minimum atomic E-state index is -3.98. The predicted molar refractivity (Wildman–Crippen MR) is 126 cm³/mol. The van der Waals surface area contributed by atoms with Crippen molar-refractivity contribution >= 4 is 26.7 Å². The monoisotopic (exact) mass is 461 g/mol. The summed E-state index contributed by atoms with van der Waals surface area (Å²) in [6.07, 6.45) is 3.20. The Morgan fingerprint density at radius 3 is 2.45 bits per heavy atom. The first kappa shape index (κ1) is 22.6. The average Bonchev–Trinajstić information content (AvgIpc) is 2.80. The summed E-state index contributed by atoms with van der Waals surface area (Å²) in [6, 6.07) is 16.7. The Labute approximate surface area is 191 Å². The number of ketones is 1. The molecule has 0 aliphatic rings. The van der Waals surface area contributed by atoms with Crippen LogP contribution >= 0.6 is 0 Å². The van der Waals surface area contributed by atoms with Gasteiger partial charge in [-0.1, -0.05) is 29.8 Å². The highest BCUT2D eigenvalue weighted by Gasteiger charge is 2.26. The maximum Gasteiger partial charge on any atom is 0.252 e. The van der Waals surface area contributed by atoms with Crippen LogP contribution in [0.25, 0.3) is 10.9 Å². The van der Waals surface area contributed by atoms with Gasteiger partial charge in [0.2, 0.25) is 10.0 Å². The molecule has 0 amide bonds. The van der Waals surface area contributed by atoms with Gasteiger partial charge < -0.3 is 4.98 Å². The fraction of sp³-hybridized carbons (Fsp3) is 0.160. The fourth-order valence-electron chi connectivity index (χ4n) is 3.61. The van der Waals surface area contributed by atoms with Gasteiger partial charge in [-0.05, 0) is 61.2 Å². The first-order chi connectivity index (χ1) is 15.7. The van der Waals surface area contributed by atoms with E-state index in [-0.39, 0.29) is 29.3 Å². The van der Waals surface area contributed by atoms with Gasteiger partial charge in [0.15, 0.2) is 5.78 Å². The average molecular weight is 462 g/mol. The third-order valence-corrected chi connectivity index (χ3v) is 7.21. The zero-order valence-electron chi connectivity index (χ0n) is 18.3. The van der Waals surface area contributed by atoms with Gasteiger partial charge in [-0.2, -0.15) is 4.31 Å². The number of benzene rings is 2. The number of aryl methyl sites for hydroxylation is 1. The Morgan fingerprint density at radius 2 is 1.79 bits per heavy atom. The van der Waals surface area contributed by atoms with Crippen molar-refractivity contribution in [3.05, 3.63) is 106 Å². The molecule has 0 aliphatic heterocycles. The second-order valence-corrected chi connectivity index (χ2v) is 9.87. The lowest BCUT2D eigenvalue weighted by Gasteiger charge is -2.22. The number of pyridine rings is 2. The lowest BCUT2D eigenvalue weighted by molar-refractivity contribution is 0.101. The number of aromatic nitrogens is 2. The molecule has 8 heteroatoms. The lowest BCUT2D eigenvalue weighted by atomic mass is 10.1. The second-order valence-electron chi connectivity index (χ2n) is 7.93. The summed E-state index contributed by atoms with van der Waals surface area (Å²) in [5.41, 5.74) is 2.83. The molecule has 0 saturated heterocycles. The number of rotatable bonds is 7. The quantitative estimate of drug-likeness (QED) is 0.422. The Hall–Kier alpha value is -3.62. The number of sulfonamides is 1. The van der Waals surface area contributed by atoms with Crippen molar-refractivity contribution in [1.82, 2.24) is 14.3 Å². The van der Waals surface area contributed by atoms with Gasteiger partial charge in [-0.3, -0.25) is 14.6 Å². The molecular weight excluding hydrogens is 438 g/mol. The summed E-state index contributed by atoms with van der Waals surface area (Å²) in [5.74, 6) is -0.149. The molecule has 7 nitrogen and oxygen atoms in total. The lowest BCUT2D eigenvalue weighted by Crippen LogP contribution is -2.32. The molecule has 0 atom stereocenters. The van der Waals surface area contributed by atoms with Crippen molar-refractivity contribution in [2.24, 2.45) is 0 Å². The van der Waals surface area contributed by atoms with E-state index in [0.717, 1.165) is 10.9 Å². The number of nitrogens with zero attached hydrogens (tertiary/aromatic N) is 2. The number of hydrogen-bond donors (Lipinski definition) is 1. The van der Waals surface area contributed by atoms with E-state index in [0.29, 0.717) is 22.2 Å². The largest absolute Gasteiger partial charge is 0.322 e. The Kier molecular flexibility index (Phi) is 6.22. The standard InChI is InChI=1S/C25H23N3O4S/c1-17-5-10-24-21(12-17)13-22(25(30)27-24)16-28(15-19-4-3-11-26-14-19)33(31,32)23-8-6-20(7-9-23)18(2)29/h3-14H,15-16H2,1-2H3,(H,27,30). The summed E-state index contributed by atoms with van der Waals surface area (Å²) in [4.78, 5) is 31.3. The van der Waals surface area contributed by atoms with Crippen LogP contribution in [0.4, 0.5) is 0 Å². The Balaban J connectivity index is 1.76. The minimum absolute atomic E-state index is 0.0376. The van der Waals surface area contributed by atoms with Gasteiger partial charge in [0, 0.05) is 42.1 Å². The summed E-state index contributed by atoms with van der Waals surface area (Å²) >= 11 is 0. The molecule has 0 bridgehead atoms. The summed E-state index contributed by atoms with van der Waals surface area (Å²) < 4.78 is 28.4. The smallest absolute Gasteiger partial charge is 0.252 e. The van der Waals surface area contributed by atoms with Crippen LogP contribution < -0.4 is 5.56 Å². The van der Waals surface area contributed by atoms with Crippen LogP contribution in [-0.4, -0.2) is 28.5 Å². The maximum absolute atomic E-state index is 13.6. The molecule has 0 unspecified atom stereocenters. The molecule has 2 heterocycles. The number of fused-ring (bicyclic) bond motifs is 1. The summed E-state index contributed by atoms with van der Waals surface area (Å²) in [6.45, 7) is 3.29. The molecule has 4 aromatic rings. The summed E-state index contributed by atoms with van der Waals surface area (Å²) in [5, 5.41) is 0.828. The number of Topliss-reactive ketones (excluding diaryl/α,β-unsaturated/α-hetero) is 1. The third-order valence-electron chi connectivity index (χ3n) is 5.40. The van der Waals surface area contributed by atoms with Crippen molar-refractivity contribution in [2.45, 2.75) is 31.8 Å². The van der Waals surface area contributed by atoms with Crippen molar-refractivity contribution in [2.75, 3.05) is 0 Å². The van der Waals surface area contributed by atoms with E-state index in [1.54, 1.807) is 30.6 Å². The van der Waals surface area contributed by atoms with Gasteiger partial charge in [-0.15, -0.1) is 0 Å². The van der Waals surface area contributed by atoms with E-state index in [4.69, 9.17) is 0 Å². The molecule has 0 saturated carbocycles. The number of aromatic amines is 1. The number of carbonyl (C=O) groups excluding carboxylic acids is 1. The molecule has 0 spiro atoms. The van der Waals surface area contributed by atoms with Crippen LogP contribution in [0.5, 0.6) is 0 Å². The van der Waals surface area contributed by atoms with Gasteiger partial charge in [0.25, 0.3) is 5.56 Å². The Morgan fingerprint density at radius 1 is 1.03 bits per heavy atom. The molecular formula is C25H23N3O4S. The van der Waals surface area contributed by atoms with Crippen molar-refractivity contribution in [3.63, 3.8) is 0 Å². The van der Waals surface area contributed by atoms with Crippen LogP contribution in [0, 0.1) is 6.92 Å². The summed E-state index contributed by atoms with van der Waals surface area (Å²) in [7, 11) is -3.98. The van der Waals surface area contributed by atoms with Gasteiger partial charge in [0.05, 0.1) is 4.90 Å². The SMILES string of the molecule is CC(=O)c1ccc(S(=O)(=O)N(Cc2cccnc2)Cc2cc3cc(C)ccc3[nH]c2=O)cc1. The van der Waals surface area contributed by atoms with E-state index in [1.807, 2.05) is 25.1 Å². The topological polar surface area (TPSA) is 100 Å². The van der Waals surface area contributed by atoms with E-state index in [2.05, 4.69) is 9.97 Å². The van der Waals surface area contributed by atoms with E-state index in [1.165, 1.54) is 35.5 Å². The molecule has 0 radical (unpaired) electrons. The molecule has 2 aromatic carbocycles. The maximum atomic E-state index is 13.6. The highest BCUT2D eigenvalue weighted by atomic mass is 32.2.